The van der Waals surface area contributed by atoms with Crippen LogP contribution in [0.25, 0.3) is 0 Å². The van der Waals surface area contributed by atoms with Gasteiger partial charge in [-0.15, -0.1) is 0 Å². The van der Waals surface area contributed by atoms with Gasteiger partial charge in [0.05, 0.1) is 0 Å². The average molecular weight is 286 g/mol. The molecule has 1 heterocycles. The highest BCUT2D eigenvalue weighted by atomic mass is 79.9. The third kappa shape index (κ3) is 2.77. The normalized spacial score (nSPS) is 22.9. The Bertz CT molecular complexity index is 306. The predicted molar refractivity (Wildman–Crippen MR) is 71.4 cm³/mol. The van der Waals surface area contributed by atoms with Crippen molar-refractivity contribution in [2.24, 2.45) is 11.7 Å². The summed E-state index contributed by atoms with van der Waals surface area (Å²) in [4.78, 5) is 0. The zero-order valence-corrected chi connectivity index (χ0v) is 11.1. The molecule has 0 radical (unpaired) electrons. The molecule has 1 saturated heterocycles. The van der Waals surface area contributed by atoms with Gasteiger partial charge in [0.2, 0.25) is 0 Å². The van der Waals surface area contributed by atoms with Crippen molar-refractivity contribution < 1.29 is 0 Å². The molecule has 82 valence electrons. The molecule has 2 N–H and O–H groups in total. The fourth-order valence-electron chi connectivity index (χ4n) is 2.18. The number of hydrogen-bond acceptors (Lipinski definition) is 2. The molecular weight excluding hydrogens is 270 g/mol. The van der Waals surface area contributed by atoms with Gasteiger partial charge in [-0.3, -0.25) is 0 Å². The third-order valence-electron chi connectivity index (χ3n) is 3.09. The van der Waals surface area contributed by atoms with Gasteiger partial charge in [-0.2, -0.15) is 11.8 Å². The topological polar surface area (TPSA) is 26.0 Å². The first-order valence-corrected chi connectivity index (χ1v) is 7.29. The molecule has 0 aliphatic carbocycles. The molecule has 2 rings (SSSR count). The van der Waals surface area contributed by atoms with Crippen LogP contribution in [0.2, 0.25) is 0 Å². The van der Waals surface area contributed by atoms with Gasteiger partial charge < -0.3 is 5.73 Å². The lowest BCUT2D eigenvalue weighted by Gasteiger charge is -2.21. The molecular formula is C12H16BrNS. The van der Waals surface area contributed by atoms with Crippen LogP contribution in [-0.2, 0) is 0 Å². The lowest BCUT2D eigenvalue weighted by molar-refractivity contribution is 0.476. The number of benzene rings is 1. The Hall–Kier alpha value is 0.01000. The van der Waals surface area contributed by atoms with Gasteiger partial charge in [-0.05, 0) is 54.0 Å². The second-order valence-electron chi connectivity index (χ2n) is 4.02. The first-order valence-electron chi connectivity index (χ1n) is 5.34. The zero-order valence-electron chi connectivity index (χ0n) is 8.66. The molecule has 2 atom stereocenters. The van der Waals surface area contributed by atoms with Crippen LogP contribution >= 0.6 is 27.7 Å². The maximum absolute atomic E-state index is 5.90. The molecule has 1 aliphatic heterocycles. The van der Waals surface area contributed by atoms with E-state index >= 15 is 0 Å². The average Bonchev–Trinajstić information content (AvgIpc) is 2.75. The highest BCUT2D eigenvalue weighted by molar-refractivity contribution is 9.10. The minimum Gasteiger partial charge on any atom is -0.330 e. The number of rotatable bonds is 3. The van der Waals surface area contributed by atoms with Crippen LogP contribution in [0.3, 0.4) is 0 Å². The second-order valence-corrected chi connectivity index (χ2v) is 6.08. The molecule has 1 aromatic carbocycles. The van der Waals surface area contributed by atoms with E-state index in [2.05, 4.69) is 52.0 Å². The smallest absolute Gasteiger partial charge is 0.0175 e. The standard InChI is InChI=1S/C12H16BrNS/c13-11-3-1-9(2-4-11)12(7-14)10-5-6-15-8-10/h1-4,10,12H,5-8,14H2. The Kier molecular flexibility index (Phi) is 4.12. The van der Waals surface area contributed by atoms with Gasteiger partial charge in [0.1, 0.15) is 0 Å². The molecule has 0 spiro atoms. The summed E-state index contributed by atoms with van der Waals surface area (Å²) in [5.41, 5.74) is 7.30. The molecule has 1 aromatic rings. The van der Waals surface area contributed by atoms with Crippen molar-refractivity contribution in [1.29, 1.82) is 0 Å². The minimum atomic E-state index is 0.549. The van der Waals surface area contributed by atoms with Crippen LogP contribution in [-0.4, -0.2) is 18.1 Å². The van der Waals surface area contributed by atoms with E-state index < -0.39 is 0 Å². The van der Waals surface area contributed by atoms with Crippen molar-refractivity contribution in [2.45, 2.75) is 12.3 Å². The first kappa shape index (κ1) is 11.5. The third-order valence-corrected chi connectivity index (χ3v) is 4.80. The van der Waals surface area contributed by atoms with Crippen LogP contribution in [0, 0.1) is 5.92 Å². The van der Waals surface area contributed by atoms with Crippen molar-refractivity contribution in [3.05, 3.63) is 34.3 Å². The van der Waals surface area contributed by atoms with Gasteiger partial charge in [-0.25, -0.2) is 0 Å². The SMILES string of the molecule is NCC(c1ccc(Br)cc1)C1CCSC1. The summed E-state index contributed by atoms with van der Waals surface area (Å²) in [6.45, 7) is 0.771. The molecule has 1 nitrogen and oxygen atoms in total. The van der Waals surface area contributed by atoms with Crippen LogP contribution in [0.1, 0.15) is 17.9 Å². The van der Waals surface area contributed by atoms with E-state index in [0.717, 1.165) is 16.9 Å². The van der Waals surface area contributed by atoms with E-state index in [1.165, 1.54) is 23.5 Å². The van der Waals surface area contributed by atoms with E-state index in [0.29, 0.717) is 5.92 Å². The van der Waals surface area contributed by atoms with Gasteiger partial charge >= 0.3 is 0 Å². The summed E-state index contributed by atoms with van der Waals surface area (Å²) >= 11 is 5.52. The number of thioether (sulfide) groups is 1. The quantitative estimate of drug-likeness (QED) is 0.923. The number of halogens is 1. The fraction of sp³-hybridized carbons (Fsp3) is 0.500. The van der Waals surface area contributed by atoms with Crippen LogP contribution in [0.15, 0.2) is 28.7 Å². The molecule has 0 aromatic heterocycles. The Balaban J connectivity index is 2.14. The summed E-state index contributed by atoms with van der Waals surface area (Å²) in [7, 11) is 0. The molecule has 2 unspecified atom stereocenters. The summed E-state index contributed by atoms with van der Waals surface area (Å²) in [5, 5.41) is 0. The Morgan fingerprint density at radius 3 is 2.67 bits per heavy atom. The van der Waals surface area contributed by atoms with Gasteiger partial charge in [0.25, 0.3) is 0 Å². The summed E-state index contributed by atoms with van der Waals surface area (Å²) in [6.07, 6.45) is 1.32. The second kappa shape index (κ2) is 5.37. The van der Waals surface area contributed by atoms with E-state index in [-0.39, 0.29) is 0 Å². The molecule has 3 heteroatoms. The van der Waals surface area contributed by atoms with Gasteiger partial charge in [0.15, 0.2) is 0 Å². The molecule has 0 amide bonds. The van der Waals surface area contributed by atoms with E-state index in [1.54, 1.807) is 0 Å². The fourth-order valence-corrected chi connectivity index (χ4v) is 3.78. The molecule has 0 bridgehead atoms. The van der Waals surface area contributed by atoms with Crippen molar-refractivity contribution in [1.82, 2.24) is 0 Å². The Labute approximate surface area is 104 Å². The van der Waals surface area contributed by atoms with Gasteiger partial charge in [0, 0.05) is 4.47 Å². The van der Waals surface area contributed by atoms with Crippen molar-refractivity contribution in [3.8, 4) is 0 Å². The lowest BCUT2D eigenvalue weighted by Crippen LogP contribution is -2.21. The van der Waals surface area contributed by atoms with E-state index in [1.807, 2.05) is 0 Å². The maximum Gasteiger partial charge on any atom is 0.0175 e. The Morgan fingerprint density at radius 2 is 2.13 bits per heavy atom. The molecule has 0 saturated carbocycles. The highest BCUT2D eigenvalue weighted by Gasteiger charge is 2.25. The summed E-state index contributed by atoms with van der Waals surface area (Å²) in [5.74, 6) is 3.91. The largest absolute Gasteiger partial charge is 0.330 e. The molecule has 1 fully saturated rings. The van der Waals surface area contributed by atoms with Gasteiger partial charge in [-0.1, -0.05) is 28.1 Å². The zero-order chi connectivity index (χ0) is 10.7. The van der Waals surface area contributed by atoms with E-state index in [9.17, 15) is 0 Å². The predicted octanol–water partition coefficient (Wildman–Crippen LogP) is 3.24. The Morgan fingerprint density at radius 1 is 1.40 bits per heavy atom. The van der Waals surface area contributed by atoms with E-state index in [4.69, 9.17) is 5.73 Å². The first-order chi connectivity index (χ1) is 7.31. The number of nitrogens with two attached hydrogens (primary N) is 1. The van der Waals surface area contributed by atoms with Crippen LogP contribution in [0.4, 0.5) is 0 Å². The highest BCUT2D eigenvalue weighted by Crippen LogP contribution is 2.35. The summed E-state index contributed by atoms with van der Waals surface area (Å²) < 4.78 is 1.14. The van der Waals surface area contributed by atoms with Crippen molar-refractivity contribution in [2.75, 3.05) is 18.1 Å². The minimum absolute atomic E-state index is 0.549. The molecule has 1 aliphatic rings. The van der Waals surface area contributed by atoms with Crippen molar-refractivity contribution in [3.63, 3.8) is 0 Å². The maximum atomic E-state index is 5.90. The lowest BCUT2D eigenvalue weighted by atomic mass is 9.86. The van der Waals surface area contributed by atoms with Crippen LogP contribution < -0.4 is 5.73 Å². The monoisotopic (exact) mass is 285 g/mol. The van der Waals surface area contributed by atoms with Crippen LogP contribution in [0.5, 0.6) is 0 Å². The molecule has 15 heavy (non-hydrogen) atoms. The summed E-state index contributed by atoms with van der Waals surface area (Å²) in [6, 6.07) is 8.62. The number of hydrogen-bond donors (Lipinski definition) is 1. The van der Waals surface area contributed by atoms with Crippen molar-refractivity contribution >= 4 is 27.7 Å².